The second-order valence-corrected chi connectivity index (χ2v) is 9.56. The highest BCUT2D eigenvalue weighted by Crippen LogP contribution is 2.33. The Morgan fingerprint density at radius 3 is 2.81 bits per heavy atom. The molecule has 1 saturated carbocycles. The molecule has 2 heterocycles. The Hall–Kier alpha value is -2.37. The van der Waals surface area contributed by atoms with Crippen molar-refractivity contribution >= 4 is 11.6 Å². The van der Waals surface area contributed by atoms with Crippen LogP contribution in [0.15, 0.2) is 42.5 Å². The summed E-state index contributed by atoms with van der Waals surface area (Å²) in [6, 6.07) is 14.8. The molecule has 1 saturated heterocycles. The van der Waals surface area contributed by atoms with Crippen LogP contribution in [0.1, 0.15) is 60.5 Å². The van der Waals surface area contributed by atoms with Gasteiger partial charge in [-0.1, -0.05) is 36.4 Å². The van der Waals surface area contributed by atoms with Gasteiger partial charge in [-0.15, -0.1) is 0 Å². The number of rotatable bonds is 8. The number of hydrogen-bond donors (Lipinski definition) is 2. The zero-order chi connectivity index (χ0) is 21.8. The molecule has 1 amide bonds. The van der Waals surface area contributed by atoms with Gasteiger partial charge in [-0.3, -0.25) is 9.69 Å². The summed E-state index contributed by atoms with van der Waals surface area (Å²) in [6.07, 6.45) is 7.42. The zero-order valence-corrected chi connectivity index (χ0v) is 18.9. The van der Waals surface area contributed by atoms with E-state index in [1.165, 1.54) is 42.5 Å². The van der Waals surface area contributed by atoms with E-state index in [2.05, 4.69) is 51.9 Å². The van der Waals surface area contributed by atoms with Crippen LogP contribution in [0.25, 0.3) is 0 Å². The lowest BCUT2D eigenvalue weighted by Gasteiger charge is -2.30. The van der Waals surface area contributed by atoms with Crippen molar-refractivity contribution in [1.82, 2.24) is 10.2 Å². The molecule has 2 aromatic rings. The van der Waals surface area contributed by atoms with Gasteiger partial charge in [-0.2, -0.15) is 0 Å². The Bertz CT molecular complexity index is 934. The van der Waals surface area contributed by atoms with E-state index in [0.717, 1.165) is 56.1 Å². The van der Waals surface area contributed by atoms with Crippen LogP contribution in [0.4, 0.5) is 5.69 Å². The van der Waals surface area contributed by atoms with Crippen molar-refractivity contribution in [3.63, 3.8) is 0 Å². The number of ether oxygens (including phenoxy) is 1. The highest BCUT2D eigenvalue weighted by atomic mass is 16.5. The SMILES string of the molecule is O=C(CNc1cccc2c1CCN(CC1CC1)C2)NCc1ccccc1C1CCCCO1. The molecule has 0 spiro atoms. The Kier molecular flexibility index (Phi) is 6.75. The van der Waals surface area contributed by atoms with Crippen LogP contribution in [0.2, 0.25) is 0 Å². The first-order chi connectivity index (χ1) is 15.8. The number of benzene rings is 2. The molecule has 2 aromatic carbocycles. The number of anilines is 1. The van der Waals surface area contributed by atoms with Crippen LogP contribution in [-0.4, -0.2) is 37.0 Å². The molecule has 1 unspecified atom stereocenters. The molecule has 5 heteroatoms. The standard InChI is InChI=1S/C27H35N3O2/c31-27(29-16-21-6-1-2-8-24(21)26-10-3-4-15-32-26)17-28-25-9-5-7-22-19-30(14-13-23(22)25)18-20-11-12-20/h1-2,5-9,20,26,28H,3-4,10-19H2,(H,29,31). The van der Waals surface area contributed by atoms with Gasteiger partial charge in [0, 0.05) is 38.5 Å². The molecular weight excluding hydrogens is 398 g/mol. The second-order valence-electron chi connectivity index (χ2n) is 9.56. The summed E-state index contributed by atoms with van der Waals surface area (Å²) in [5.74, 6) is 0.949. The van der Waals surface area contributed by atoms with Crippen molar-refractivity contribution in [2.75, 3.05) is 31.6 Å². The summed E-state index contributed by atoms with van der Waals surface area (Å²) in [6.45, 7) is 5.06. The van der Waals surface area contributed by atoms with Crippen LogP contribution in [0.5, 0.6) is 0 Å². The number of nitrogens with one attached hydrogen (secondary N) is 2. The summed E-state index contributed by atoms with van der Waals surface area (Å²) >= 11 is 0. The molecule has 0 bridgehead atoms. The summed E-state index contributed by atoms with van der Waals surface area (Å²) in [5, 5.41) is 6.50. The molecule has 5 rings (SSSR count). The lowest BCUT2D eigenvalue weighted by atomic mass is 9.96. The fourth-order valence-electron chi connectivity index (χ4n) is 5.08. The Balaban J connectivity index is 1.15. The average Bonchev–Trinajstić information content (AvgIpc) is 3.66. The third kappa shape index (κ3) is 5.33. The minimum absolute atomic E-state index is 0.0214. The monoisotopic (exact) mass is 433 g/mol. The van der Waals surface area contributed by atoms with Gasteiger partial charge in [0.15, 0.2) is 0 Å². The smallest absolute Gasteiger partial charge is 0.239 e. The zero-order valence-electron chi connectivity index (χ0n) is 18.9. The summed E-state index contributed by atoms with van der Waals surface area (Å²) < 4.78 is 5.97. The molecule has 5 nitrogen and oxygen atoms in total. The molecule has 2 N–H and O–H groups in total. The first kappa shape index (κ1) is 21.5. The molecule has 0 radical (unpaired) electrons. The highest BCUT2D eigenvalue weighted by Gasteiger charge is 2.27. The maximum Gasteiger partial charge on any atom is 0.239 e. The minimum atomic E-state index is 0.0214. The summed E-state index contributed by atoms with van der Waals surface area (Å²) in [5.41, 5.74) is 6.27. The van der Waals surface area contributed by atoms with Gasteiger partial charge in [0.05, 0.1) is 12.6 Å². The Morgan fingerprint density at radius 1 is 1.06 bits per heavy atom. The van der Waals surface area contributed by atoms with Gasteiger partial charge in [0.1, 0.15) is 0 Å². The van der Waals surface area contributed by atoms with Gasteiger partial charge < -0.3 is 15.4 Å². The Labute approximate surface area is 191 Å². The second kappa shape index (κ2) is 10.1. The third-order valence-corrected chi connectivity index (χ3v) is 7.06. The van der Waals surface area contributed by atoms with Crippen LogP contribution in [0, 0.1) is 5.92 Å². The van der Waals surface area contributed by atoms with Crippen molar-refractivity contribution in [3.05, 3.63) is 64.7 Å². The van der Waals surface area contributed by atoms with E-state index in [1.54, 1.807) is 0 Å². The quantitative estimate of drug-likeness (QED) is 0.647. The van der Waals surface area contributed by atoms with E-state index in [1.807, 2.05) is 6.07 Å². The summed E-state index contributed by atoms with van der Waals surface area (Å²) in [4.78, 5) is 15.2. The van der Waals surface area contributed by atoms with Gasteiger partial charge in [-0.05, 0) is 72.8 Å². The maximum atomic E-state index is 12.6. The van der Waals surface area contributed by atoms with Crippen LogP contribution in [-0.2, 0) is 29.0 Å². The molecule has 3 aliphatic rings. The number of nitrogens with zero attached hydrogens (tertiary/aromatic N) is 1. The fraction of sp³-hybridized carbons (Fsp3) is 0.519. The van der Waals surface area contributed by atoms with Crippen LogP contribution < -0.4 is 10.6 Å². The topological polar surface area (TPSA) is 53.6 Å². The largest absolute Gasteiger partial charge is 0.376 e. The predicted molar refractivity (Wildman–Crippen MR) is 127 cm³/mol. The van der Waals surface area contributed by atoms with Gasteiger partial charge in [-0.25, -0.2) is 0 Å². The minimum Gasteiger partial charge on any atom is -0.376 e. The van der Waals surface area contributed by atoms with Crippen LogP contribution in [0.3, 0.4) is 0 Å². The molecule has 32 heavy (non-hydrogen) atoms. The average molecular weight is 434 g/mol. The van der Waals surface area contributed by atoms with Crippen molar-refractivity contribution < 1.29 is 9.53 Å². The first-order valence-corrected chi connectivity index (χ1v) is 12.3. The van der Waals surface area contributed by atoms with E-state index in [9.17, 15) is 4.79 Å². The maximum absolute atomic E-state index is 12.6. The molecule has 1 aliphatic carbocycles. The number of carbonyl (C=O) groups excluding carboxylic acids is 1. The normalized spacial score (nSPS) is 21.1. The fourth-order valence-corrected chi connectivity index (χ4v) is 5.08. The van der Waals surface area contributed by atoms with Crippen molar-refractivity contribution in [2.24, 2.45) is 5.92 Å². The van der Waals surface area contributed by atoms with Gasteiger partial charge in [0.2, 0.25) is 5.91 Å². The molecule has 170 valence electrons. The number of hydrogen-bond acceptors (Lipinski definition) is 4. The van der Waals surface area contributed by atoms with E-state index >= 15 is 0 Å². The molecule has 2 fully saturated rings. The molecular formula is C27H35N3O2. The number of amides is 1. The third-order valence-electron chi connectivity index (χ3n) is 7.06. The van der Waals surface area contributed by atoms with Gasteiger partial charge >= 0.3 is 0 Å². The highest BCUT2D eigenvalue weighted by molar-refractivity contribution is 5.81. The van der Waals surface area contributed by atoms with Crippen LogP contribution >= 0.6 is 0 Å². The van der Waals surface area contributed by atoms with Crippen molar-refractivity contribution in [2.45, 2.75) is 57.7 Å². The lowest BCUT2D eigenvalue weighted by Crippen LogP contribution is -2.33. The molecule has 2 aliphatic heterocycles. The first-order valence-electron chi connectivity index (χ1n) is 12.3. The van der Waals surface area contributed by atoms with Crippen molar-refractivity contribution in [1.29, 1.82) is 0 Å². The van der Waals surface area contributed by atoms with Gasteiger partial charge in [0.25, 0.3) is 0 Å². The number of carbonyl (C=O) groups is 1. The summed E-state index contributed by atoms with van der Waals surface area (Å²) in [7, 11) is 0. The number of fused-ring (bicyclic) bond motifs is 1. The van der Waals surface area contributed by atoms with E-state index in [-0.39, 0.29) is 12.0 Å². The lowest BCUT2D eigenvalue weighted by molar-refractivity contribution is -0.119. The van der Waals surface area contributed by atoms with Crippen molar-refractivity contribution in [3.8, 4) is 0 Å². The van der Waals surface area contributed by atoms with E-state index in [4.69, 9.17) is 4.74 Å². The van der Waals surface area contributed by atoms with E-state index < -0.39 is 0 Å². The molecule has 0 aromatic heterocycles. The predicted octanol–water partition coefficient (Wildman–Crippen LogP) is 4.42. The molecule has 1 atom stereocenters. The van der Waals surface area contributed by atoms with E-state index in [0.29, 0.717) is 13.1 Å². The Morgan fingerprint density at radius 2 is 1.97 bits per heavy atom.